The van der Waals surface area contributed by atoms with Crippen molar-refractivity contribution in [1.82, 2.24) is 0 Å². The lowest BCUT2D eigenvalue weighted by molar-refractivity contribution is 0.00617. The third-order valence-corrected chi connectivity index (χ3v) is 4.28. The van der Waals surface area contributed by atoms with Crippen LogP contribution in [0, 0.1) is 17.3 Å². The van der Waals surface area contributed by atoms with E-state index in [-0.39, 0.29) is 6.10 Å². The van der Waals surface area contributed by atoms with Gasteiger partial charge in [0.15, 0.2) is 0 Å². The third kappa shape index (κ3) is 2.31. The molecule has 2 unspecified atom stereocenters. The molecule has 1 rings (SSSR count). The summed E-state index contributed by atoms with van der Waals surface area (Å²) in [5.41, 5.74) is 0.363. The minimum atomic E-state index is -0.0671. The largest absolute Gasteiger partial charge is 0.393 e. The Hall–Kier alpha value is -0.0400. The minimum Gasteiger partial charge on any atom is -0.393 e. The monoisotopic (exact) mass is 198 g/mol. The van der Waals surface area contributed by atoms with Crippen LogP contribution >= 0.6 is 0 Å². The first-order chi connectivity index (χ1) is 6.53. The molecule has 1 nitrogen and oxygen atoms in total. The van der Waals surface area contributed by atoms with E-state index in [0.29, 0.717) is 17.3 Å². The van der Waals surface area contributed by atoms with Gasteiger partial charge in [0.05, 0.1) is 6.10 Å². The van der Waals surface area contributed by atoms with Crippen molar-refractivity contribution in [1.29, 1.82) is 0 Å². The molecule has 1 heteroatoms. The number of aliphatic hydroxyl groups excluding tert-OH is 1. The zero-order chi connectivity index (χ0) is 10.8. The van der Waals surface area contributed by atoms with Gasteiger partial charge in [-0.15, -0.1) is 0 Å². The third-order valence-electron chi connectivity index (χ3n) is 4.28. The second-order valence-electron chi connectivity index (χ2n) is 5.55. The second kappa shape index (κ2) is 4.65. The maximum absolute atomic E-state index is 10.3. The maximum Gasteiger partial charge on any atom is 0.0601 e. The van der Waals surface area contributed by atoms with E-state index in [1.165, 1.54) is 19.3 Å². The van der Waals surface area contributed by atoms with Crippen molar-refractivity contribution in [3.8, 4) is 0 Å². The molecule has 1 fully saturated rings. The van der Waals surface area contributed by atoms with Gasteiger partial charge in [0.1, 0.15) is 0 Å². The topological polar surface area (TPSA) is 20.2 Å². The molecule has 0 aromatic heterocycles. The Labute approximate surface area is 88.9 Å². The number of aliphatic hydroxyl groups is 1. The molecule has 0 bridgehead atoms. The molecule has 1 aliphatic rings. The highest BCUT2D eigenvalue weighted by Crippen LogP contribution is 2.46. The molecule has 0 amide bonds. The molecule has 0 aromatic carbocycles. The fraction of sp³-hybridized carbons (Fsp3) is 1.00. The zero-order valence-corrected chi connectivity index (χ0v) is 10.2. The van der Waals surface area contributed by atoms with Crippen LogP contribution in [0.4, 0.5) is 0 Å². The van der Waals surface area contributed by atoms with Gasteiger partial charge in [-0.1, -0.05) is 47.0 Å². The molecule has 2 atom stereocenters. The normalized spacial score (nSPS) is 28.3. The summed E-state index contributed by atoms with van der Waals surface area (Å²) in [7, 11) is 0. The quantitative estimate of drug-likeness (QED) is 0.731. The predicted molar refractivity (Wildman–Crippen MR) is 61.2 cm³/mol. The lowest BCUT2D eigenvalue weighted by Gasteiger charge is -2.35. The zero-order valence-electron chi connectivity index (χ0n) is 10.2. The van der Waals surface area contributed by atoms with Gasteiger partial charge in [-0.25, -0.2) is 0 Å². The summed E-state index contributed by atoms with van der Waals surface area (Å²) < 4.78 is 0. The van der Waals surface area contributed by atoms with E-state index in [2.05, 4.69) is 27.7 Å². The molecular formula is C13H26O. The summed E-state index contributed by atoms with van der Waals surface area (Å²) in [6, 6.07) is 0. The van der Waals surface area contributed by atoms with Crippen LogP contribution in [0.3, 0.4) is 0 Å². The summed E-state index contributed by atoms with van der Waals surface area (Å²) in [5, 5.41) is 10.3. The summed E-state index contributed by atoms with van der Waals surface area (Å²) in [4.78, 5) is 0. The fourth-order valence-electron chi connectivity index (χ4n) is 3.09. The van der Waals surface area contributed by atoms with Gasteiger partial charge in [0.25, 0.3) is 0 Å². The average Bonchev–Trinajstić information content (AvgIpc) is 2.47. The van der Waals surface area contributed by atoms with Crippen LogP contribution in [0.15, 0.2) is 0 Å². The lowest BCUT2D eigenvalue weighted by atomic mass is 9.74. The first-order valence-corrected chi connectivity index (χ1v) is 6.21. The van der Waals surface area contributed by atoms with Crippen molar-refractivity contribution in [2.24, 2.45) is 17.3 Å². The van der Waals surface area contributed by atoms with Crippen molar-refractivity contribution in [2.75, 3.05) is 0 Å². The van der Waals surface area contributed by atoms with Crippen LogP contribution in [-0.2, 0) is 0 Å². The van der Waals surface area contributed by atoms with Gasteiger partial charge in [0, 0.05) is 0 Å². The van der Waals surface area contributed by atoms with Crippen molar-refractivity contribution in [3.63, 3.8) is 0 Å². The summed E-state index contributed by atoms with van der Waals surface area (Å²) in [6.07, 6.45) is 5.98. The first kappa shape index (κ1) is 12.0. The van der Waals surface area contributed by atoms with Gasteiger partial charge in [-0.05, 0) is 30.1 Å². The molecule has 0 aromatic rings. The summed E-state index contributed by atoms with van der Waals surface area (Å²) in [6.45, 7) is 9.02. The molecule has 84 valence electrons. The Bertz CT molecular complexity index is 170. The summed E-state index contributed by atoms with van der Waals surface area (Å²) >= 11 is 0. The van der Waals surface area contributed by atoms with E-state index in [9.17, 15) is 5.11 Å². The number of hydrogen-bond donors (Lipinski definition) is 1. The number of hydrogen-bond acceptors (Lipinski definition) is 1. The first-order valence-electron chi connectivity index (χ1n) is 6.21. The second-order valence-corrected chi connectivity index (χ2v) is 5.55. The van der Waals surface area contributed by atoms with Gasteiger partial charge >= 0.3 is 0 Å². The smallest absolute Gasteiger partial charge is 0.0601 e. The molecule has 0 saturated heterocycles. The van der Waals surface area contributed by atoms with Crippen LogP contribution in [-0.4, -0.2) is 11.2 Å². The van der Waals surface area contributed by atoms with Crippen molar-refractivity contribution in [3.05, 3.63) is 0 Å². The molecule has 0 spiro atoms. The highest BCUT2D eigenvalue weighted by atomic mass is 16.3. The van der Waals surface area contributed by atoms with E-state index in [0.717, 1.165) is 12.8 Å². The predicted octanol–water partition coefficient (Wildman–Crippen LogP) is 3.61. The van der Waals surface area contributed by atoms with Crippen LogP contribution in [0.1, 0.15) is 59.8 Å². The van der Waals surface area contributed by atoms with Gasteiger partial charge in [-0.2, -0.15) is 0 Å². The average molecular weight is 198 g/mol. The Morgan fingerprint density at radius 1 is 1.29 bits per heavy atom. The van der Waals surface area contributed by atoms with Gasteiger partial charge in [-0.3, -0.25) is 0 Å². The summed E-state index contributed by atoms with van der Waals surface area (Å²) in [5.74, 6) is 1.05. The van der Waals surface area contributed by atoms with E-state index >= 15 is 0 Å². The molecule has 0 heterocycles. The van der Waals surface area contributed by atoms with Crippen LogP contribution in [0.5, 0.6) is 0 Å². The molecule has 0 aliphatic heterocycles. The molecule has 1 aliphatic carbocycles. The van der Waals surface area contributed by atoms with Crippen LogP contribution in [0.25, 0.3) is 0 Å². The standard InChI is InChI=1S/C13H26O/c1-5-10(6-2)12(14)11-8-7-9-13(11,3)4/h10-12,14H,5-9H2,1-4H3. The van der Waals surface area contributed by atoms with Crippen molar-refractivity contribution >= 4 is 0 Å². The Morgan fingerprint density at radius 3 is 2.21 bits per heavy atom. The Morgan fingerprint density at radius 2 is 1.86 bits per heavy atom. The molecule has 0 radical (unpaired) electrons. The number of rotatable bonds is 4. The molecule has 14 heavy (non-hydrogen) atoms. The maximum atomic E-state index is 10.3. The van der Waals surface area contributed by atoms with E-state index in [1.54, 1.807) is 0 Å². The Kier molecular flexibility index (Phi) is 4.00. The van der Waals surface area contributed by atoms with Crippen LogP contribution < -0.4 is 0 Å². The molecule has 1 N–H and O–H groups in total. The van der Waals surface area contributed by atoms with E-state index in [1.807, 2.05) is 0 Å². The highest BCUT2D eigenvalue weighted by molar-refractivity contribution is 4.90. The van der Waals surface area contributed by atoms with E-state index in [4.69, 9.17) is 0 Å². The SMILES string of the molecule is CCC(CC)C(O)C1CCCC1(C)C. The molecular weight excluding hydrogens is 172 g/mol. The highest BCUT2D eigenvalue weighted by Gasteiger charge is 2.40. The van der Waals surface area contributed by atoms with E-state index < -0.39 is 0 Å². The van der Waals surface area contributed by atoms with Gasteiger partial charge < -0.3 is 5.11 Å². The minimum absolute atomic E-state index is 0.0671. The van der Waals surface area contributed by atoms with Crippen molar-refractivity contribution in [2.45, 2.75) is 65.9 Å². The van der Waals surface area contributed by atoms with Crippen LogP contribution in [0.2, 0.25) is 0 Å². The fourth-order valence-corrected chi connectivity index (χ4v) is 3.09. The van der Waals surface area contributed by atoms with Gasteiger partial charge in [0.2, 0.25) is 0 Å². The lowest BCUT2D eigenvalue weighted by Crippen LogP contribution is -2.35. The van der Waals surface area contributed by atoms with Crippen molar-refractivity contribution < 1.29 is 5.11 Å². The Balaban J connectivity index is 2.63. The molecule has 1 saturated carbocycles.